The van der Waals surface area contributed by atoms with Crippen LogP contribution in [-0.4, -0.2) is 0 Å². The van der Waals surface area contributed by atoms with Crippen LogP contribution in [0.1, 0.15) is 24.5 Å². The Kier molecular flexibility index (Phi) is 7.86. The first-order valence-electron chi connectivity index (χ1n) is 8.62. The Hall–Kier alpha value is -1.40. The van der Waals surface area contributed by atoms with Crippen LogP contribution >= 0.6 is 0 Å². The third-order valence-corrected chi connectivity index (χ3v) is 6.43. The van der Waals surface area contributed by atoms with Crippen LogP contribution in [0.3, 0.4) is 0 Å². The van der Waals surface area contributed by atoms with Crippen LogP contribution in [0.2, 0.25) is 0 Å². The number of rotatable bonds is 3. The number of benzene rings is 2. The summed E-state index contributed by atoms with van der Waals surface area (Å²) in [4.78, 5) is 0. The fourth-order valence-electron chi connectivity index (χ4n) is 3.53. The standard InChI is InChI=1S/C24H19.2ClH.Zr/c1-18-16-22(17-23(18)19-10-8-9-11-19)24(20-12-4-2-5-13-20)21-14-6-3-7-15-21;;;/h2-10,12-15,17H,11H2,1H3;2*1H;/q;;;+2/p-2. The van der Waals surface area contributed by atoms with Crippen molar-refractivity contribution in [3.63, 3.8) is 0 Å². The van der Waals surface area contributed by atoms with Crippen LogP contribution in [0.25, 0.3) is 5.57 Å². The van der Waals surface area contributed by atoms with Gasteiger partial charge in [0.25, 0.3) is 0 Å². The van der Waals surface area contributed by atoms with E-state index in [0.29, 0.717) is 0 Å². The molecule has 4 rings (SSSR count). The summed E-state index contributed by atoms with van der Waals surface area (Å²) in [7, 11) is 0. The monoisotopic (exact) mass is 467 g/mol. The van der Waals surface area contributed by atoms with Gasteiger partial charge in [-0.25, -0.2) is 0 Å². The van der Waals surface area contributed by atoms with E-state index in [-0.39, 0.29) is 24.8 Å². The van der Waals surface area contributed by atoms with E-state index in [1.165, 1.54) is 67.0 Å². The summed E-state index contributed by atoms with van der Waals surface area (Å²) in [5.74, 6) is 0. The molecule has 0 bridgehead atoms. The van der Waals surface area contributed by atoms with E-state index in [9.17, 15) is 0 Å². The molecule has 0 fully saturated rings. The first kappa shape index (κ1) is 21.9. The van der Waals surface area contributed by atoms with Crippen molar-refractivity contribution in [2.24, 2.45) is 0 Å². The van der Waals surface area contributed by atoms with Crippen LogP contribution in [-0.2, 0) is 24.7 Å². The smallest absolute Gasteiger partial charge is 1.00 e. The number of hydrogen-bond donors (Lipinski definition) is 0. The summed E-state index contributed by atoms with van der Waals surface area (Å²) in [6.45, 7) is 2.27. The summed E-state index contributed by atoms with van der Waals surface area (Å²) in [6.07, 6.45) is 10.1. The molecule has 0 aliphatic heterocycles. The third kappa shape index (κ3) is 4.37. The van der Waals surface area contributed by atoms with Crippen LogP contribution in [0.5, 0.6) is 0 Å². The fraction of sp³-hybridized carbons (Fsp3) is 0.0833. The summed E-state index contributed by atoms with van der Waals surface area (Å²) in [6, 6.07) is 21.5. The van der Waals surface area contributed by atoms with Gasteiger partial charge in [-0.2, -0.15) is 0 Å². The van der Waals surface area contributed by atoms with Crippen molar-refractivity contribution in [3.05, 3.63) is 122 Å². The van der Waals surface area contributed by atoms with E-state index < -0.39 is 0 Å². The molecule has 3 heteroatoms. The first-order valence-corrected chi connectivity index (χ1v) is 9.84. The van der Waals surface area contributed by atoms with Gasteiger partial charge in [-0.3, -0.25) is 0 Å². The van der Waals surface area contributed by atoms with Gasteiger partial charge in [0.05, 0.1) is 0 Å². The molecule has 0 atom stereocenters. The summed E-state index contributed by atoms with van der Waals surface area (Å²) in [5, 5.41) is 0. The van der Waals surface area contributed by atoms with Gasteiger partial charge in [0.15, 0.2) is 0 Å². The number of allylic oxidation sites excluding steroid dienone is 9. The number of hydrogen-bond acceptors (Lipinski definition) is 0. The molecule has 0 aromatic heterocycles. The van der Waals surface area contributed by atoms with Crippen molar-refractivity contribution in [2.45, 2.75) is 13.3 Å². The van der Waals surface area contributed by atoms with E-state index in [1.807, 2.05) is 0 Å². The number of halogens is 2. The Morgan fingerprint density at radius 1 is 0.852 bits per heavy atom. The molecule has 0 saturated heterocycles. The predicted molar refractivity (Wildman–Crippen MR) is 102 cm³/mol. The second-order valence-corrected chi connectivity index (χ2v) is 7.63. The Morgan fingerprint density at radius 3 is 1.89 bits per heavy atom. The zero-order valence-electron chi connectivity index (χ0n) is 15.0. The second kappa shape index (κ2) is 9.69. The third-order valence-electron chi connectivity index (χ3n) is 4.85. The van der Waals surface area contributed by atoms with E-state index in [2.05, 4.69) is 91.9 Å². The van der Waals surface area contributed by atoms with Crippen LogP contribution in [0.15, 0.2) is 111 Å². The largest absolute Gasteiger partial charge is 1.00 e. The molecular weight excluding hydrogens is 450 g/mol. The summed E-state index contributed by atoms with van der Waals surface area (Å²) in [5.41, 5.74) is 9.58. The molecule has 133 valence electrons. The fourth-order valence-corrected chi connectivity index (χ4v) is 4.34. The van der Waals surface area contributed by atoms with E-state index >= 15 is 0 Å². The Bertz CT molecular complexity index is 920. The van der Waals surface area contributed by atoms with Crippen molar-refractivity contribution in [1.82, 2.24) is 0 Å². The average molecular weight is 470 g/mol. The van der Waals surface area contributed by atoms with Gasteiger partial charge in [-0.1, -0.05) is 0 Å². The maximum Gasteiger partial charge on any atom is -1.00 e. The Morgan fingerprint density at radius 2 is 1.41 bits per heavy atom. The first-order chi connectivity index (χ1) is 12.3. The minimum atomic E-state index is 0. The second-order valence-electron chi connectivity index (χ2n) is 6.40. The van der Waals surface area contributed by atoms with Gasteiger partial charge in [0.2, 0.25) is 0 Å². The van der Waals surface area contributed by atoms with Crippen molar-refractivity contribution >= 4 is 5.57 Å². The molecule has 0 saturated carbocycles. The maximum absolute atomic E-state index is 2.41. The topological polar surface area (TPSA) is 0 Å². The van der Waals surface area contributed by atoms with Gasteiger partial charge in [-0.15, -0.1) is 0 Å². The maximum atomic E-state index is 2.41. The molecule has 0 unspecified atom stereocenters. The van der Waals surface area contributed by atoms with Gasteiger partial charge in [0, 0.05) is 0 Å². The molecule has 0 nitrogen and oxygen atoms in total. The average Bonchev–Trinajstić information content (AvgIpc) is 3.28. The van der Waals surface area contributed by atoms with Crippen LogP contribution < -0.4 is 24.8 Å². The van der Waals surface area contributed by atoms with Crippen LogP contribution in [0, 0.1) is 0 Å². The van der Waals surface area contributed by atoms with Gasteiger partial charge >= 0.3 is 165 Å². The molecule has 2 aromatic carbocycles. The van der Waals surface area contributed by atoms with Crippen molar-refractivity contribution < 1.29 is 49.5 Å². The molecular formula is C24H19Cl2Zr. The van der Waals surface area contributed by atoms with Gasteiger partial charge in [-0.05, 0) is 0 Å². The molecule has 2 aliphatic carbocycles. The zero-order valence-corrected chi connectivity index (χ0v) is 19.0. The van der Waals surface area contributed by atoms with Crippen molar-refractivity contribution in [2.75, 3.05) is 0 Å². The molecule has 2 aliphatic rings. The normalized spacial score (nSPS) is 15.1. The molecule has 0 heterocycles. The molecule has 27 heavy (non-hydrogen) atoms. The molecule has 0 spiro atoms. The SMILES string of the molecule is CC1=[C]([Zr+2])C(=C(c2ccccc2)c2ccccc2)C=C1C1=CC=CC1.[Cl-].[Cl-]. The van der Waals surface area contributed by atoms with E-state index in [1.54, 1.807) is 0 Å². The minimum Gasteiger partial charge on any atom is -1.00 e. The van der Waals surface area contributed by atoms with Crippen LogP contribution in [0.4, 0.5) is 0 Å². The quantitative estimate of drug-likeness (QED) is 0.601. The summed E-state index contributed by atoms with van der Waals surface area (Å²) < 4.78 is 1.47. The van der Waals surface area contributed by atoms with Crippen molar-refractivity contribution in [1.29, 1.82) is 0 Å². The Labute approximate surface area is 189 Å². The predicted octanol–water partition coefficient (Wildman–Crippen LogP) is 0.144. The molecule has 0 N–H and O–H groups in total. The molecule has 2 aromatic rings. The molecule has 0 amide bonds. The van der Waals surface area contributed by atoms with E-state index in [0.717, 1.165) is 6.42 Å². The van der Waals surface area contributed by atoms with Gasteiger partial charge in [0.1, 0.15) is 0 Å². The molecule has 0 radical (unpaired) electrons. The zero-order chi connectivity index (χ0) is 17.2. The minimum absolute atomic E-state index is 0. The van der Waals surface area contributed by atoms with Crippen molar-refractivity contribution in [3.8, 4) is 0 Å². The van der Waals surface area contributed by atoms with Gasteiger partial charge < -0.3 is 24.8 Å². The van der Waals surface area contributed by atoms with E-state index in [4.69, 9.17) is 0 Å². The Balaban J connectivity index is 0.00000131. The summed E-state index contributed by atoms with van der Waals surface area (Å²) >= 11 is 1.47.